The summed E-state index contributed by atoms with van der Waals surface area (Å²) < 4.78 is 27.1. The van der Waals surface area contributed by atoms with Crippen LogP contribution in [0.15, 0.2) is 60.0 Å². The smallest absolute Gasteiger partial charge is 0.291 e. The highest BCUT2D eigenvalue weighted by atomic mass is 32.2. The largest absolute Gasteiger partial charge is 0.343 e. The van der Waals surface area contributed by atoms with Crippen LogP contribution in [0, 0.1) is 13.8 Å². The number of benzene rings is 2. The van der Waals surface area contributed by atoms with Crippen molar-refractivity contribution in [2.24, 2.45) is 0 Å². The fourth-order valence-corrected chi connectivity index (χ4v) is 4.64. The predicted molar refractivity (Wildman–Crippen MR) is 99.6 cm³/mol. The summed E-state index contributed by atoms with van der Waals surface area (Å²) >= 11 is 0. The van der Waals surface area contributed by atoms with Gasteiger partial charge in [0.15, 0.2) is 0 Å². The molecule has 1 aliphatic heterocycles. The maximum absolute atomic E-state index is 13.1. The Labute approximate surface area is 148 Å². The average molecular weight is 356 g/mol. The zero-order valence-electron chi connectivity index (χ0n) is 14.3. The fourth-order valence-electron chi connectivity index (χ4n) is 3.07. The van der Waals surface area contributed by atoms with Gasteiger partial charge in [-0.1, -0.05) is 24.3 Å². The first-order valence-corrected chi connectivity index (χ1v) is 9.45. The Morgan fingerprint density at radius 1 is 1.08 bits per heavy atom. The third kappa shape index (κ3) is 2.93. The number of sulfonamides is 1. The van der Waals surface area contributed by atoms with E-state index in [4.69, 9.17) is 0 Å². The van der Waals surface area contributed by atoms with Crippen molar-refractivity contribution >= 4 is 27.4 Å². The number of carbonyl (C=O) groups is 1. The van der Waals surface area contributed by atoms with Crippen molar-refractivity contribution in [3.63, 3.8) is 0 Å². The van der Waals surface area contributed by atoms with E-state index >= 15 is 0 Å². The second-order valence-electron chi connectivity index (χ2n) is 6.09. The van der Waals surface area contributed by atoms with Crippen molar-refractivity contribution < 1.29 is 13.2 Å². The van der Waals surface area contributed by atoms with Crippen LogP contribution in [0.25, 0.3) is 0 Å². The van der Waals surface area contributed by atoms with E-state index in [1.165, 1.54) is 11.0 Å². The molecule has 2 amide bonds. The minimum Gasteiger partial charge on any atom is -0.291 e. The fraction of sp³-hybridized carbons (Fsp3) is 0.211. The van der Waals surface area contributed by atoms with Gasteiger partial charge >= 0.3 is 6.03 Å². The SMILES string of the molecule is C=CCCN1C(=O)N(c2cc(C)cc(C)c2)S(=O)(=O)c2ccccc21. The second kappa shape index (κ2) is 6.37. The first-order chi connectivity index (χ1) is 11.9. The minimum absolute atomic E-state index is 0.137. The molecule has 0 spiro atoms. The number of aryl methyl sites for hydroxylation is 2. The zero-order valence-corrected chi connectivity index (χ0v) is 15.1. The monoisotopic (exact) mass is 356 g/mol. The number of fused-ring (bicyclic) bond motifs is 1. The molecule has 6 heteroatoms. The lowest BCUT2D eigenvalue weighted by Gasteiger charge is -2.36. The topological polar surface area (TPSA) is 57.7 Å². The average Bonchev–Trinajstić information content (AvgIpc) is 2.54. The number of nitrogens with zero attached hydrogens (tertiary/aromatic N) is 2. The van der Waals surface area contributed by atoms with Gasteiger partial charge in [-0.05, 0) is 55.7 Å². The third-order valence-corrected chi connectivity index (χ3v) is 5.83. The molecule has 0 atom stereocenters. The van der Waals surface area contributed by atoms with Gasteiger partial charge in [0.25, 0.3) is 10.0 Å². The first kappa shape index (κ1) is 17.2. The molecule has 3 rings (SSSR count). The van der Waals surface area contributed by atoms with Gasteiger partial charge in [-0.15, -0.1) is 6.58 Å². The number of anilines is 2. The maximum Gasteiger partial charge on any atom is 0.343 e. The number of urea groups is 1. The van der Waals surface area contributed by atoms with Crippen molar-refractivity contribution in [2.45, 2.75) is 25.2 Å². The van der Waals surface area contributed by atoms with Gasteiger partial charge in [-0.3, -0.25) is 4.90 Å². The van der Waals surface area contributed by atoms with E-state index in [9.17, 15) is 13.2 Å². The van der Waals surface area contributed by atoms with Crippen LogP contribution in [0.2, 0.25) is 0 Å². The molecule has 0 saturated heterocycles. The highest BCUT2D eigenvalue weighted by molar-refractivity contribution is 7.94. The highest BCUT2D eigenvalue weighted by Crippen LogP contribution is 2.37. The van der Waals surface area contributed by atoms with Crippen LogP contribution in [0.1, 0.15) is 17.5 Å². The number of hydrogen-bond acceptors (Lipinski definition) is 3. The second-order valence-corrected chi connectivity index (χ2v) is 7.85. The third-order valence-electron chi connectivity index (χ3n) is 4.08. The Balaban J connectivity index is 2.22. The van der Waals surface area contributed by atoms with E-state index in [0.717, 1.165) is 15.4 Å². The first-order valence-electron chi connectivity index (χ1n) is 8.01. The van der Waals surface area contributed by atoms with E-state index in [1.807, 2.05) is 19.9 Å². The standard InChI is InChI=1S/C19H20N2O3S/c1-4-5-10-20-17-8-6-7-9-18(17)25(23,24)21(19(20)22)16-12-14(2)11-15(3)13-16/h4,6-9,11-13H,1,5,10H2,2-3H3. The van der Waals surface area contributed by atoms with E-state index < -0.39 is 16.1 Å². The summed E-state index contributed by atoms with van der Waals surface area (Å²) in [5, 5.41) is 0. The Morgan fingerprint density at radius 2 is 1.72 bits per heavy atom. The Kier molecular flexibility index (Phi) is 4.39. The number of amides is 2. The Hall–Kier alpha value is -2.60. The summed E-state index contributed by atoms with van der Waals surface area (Å²) in [4.78, 5) is 14.7. The molecule has 2 aromatic rings. The summed E-state index contributed by atoms with van der Waals surface area (Å²) in [6.07, 6.45) is 2.28. The van der Waals surface area contributed by atoms with E-state index in [-0.39, 0.29) is 4.90 Å². The molecule has 5 nitrogen and oxygen atoms in total. The van der Waals surface area contributed by atoms with E-state index in [2.05, 4.69) is 6.58 Å². The molecular formula is C19H20N2O3S. The lowest BCUT2D eigenvalue weighted by Crippen LogP contribution is -2.51. The lowest BCUT2D eigenvalue weighted by atomic mass is 10.1. The normalized spacial score (nSPS) is 15.8. The Morgan fingerprint density at radius 3 is 2.36 bits per heavy atom. The lowest BCUT2D eigenvalue weighted by molar-refractivity contribution is 0.254. The highest BCUT2D eigenvalue weighted by Gasteiger charge is 2.42. The van der Waals surface area contributed by atoms with Crippen LogP contribution in [-0.4, -0.2) is 21.0 Å². The molecule has 130 valence electrons. The van der Waals surface area contributed by atoms with Crippen LogP contribution in [0.3, 0.4) is 0 Å². The quantitative estimate of drug-likeness (QED) is 0.778. The van der Waals surface area contributed by atoms with Gasteiger partial charge in [-0.2, -0.15) is 4.31 Å². The summed E-state index contributed by atoms with van der Waals surface area (Å²) in [6, 6.07) is 11.4. The van der Waals surface area contributed by atoms with Crippen molar-refractivity contribution in [1.29, 1.82) is 0 Å². The summed E-state index contributed by atoms with van der Waals surface area (Å²) in [5.41, 5.74) is 2.57. The van der Waals surface area contributed by atoms with Crippen LogP contribution >= 0.6 is 0 Å². The van der Waals surface area contributed by atoms with Crippen molar-refractivity contribution in [2.75, 3.05) is 15.7 Å². The van der Waals surface area contributed by atoms with E-state index in [1.54, 1.807) is 36.4 Å². The molecule has 0 unspecified atom stereocenters. The predicted octanol–water partition coefficient (Wildman–Crippen LogP) is 4.01. The van der Waals surface area contributed by atoms with Gasteiger partial charge in [0.2, 0.25) is 0 Å². The van der Waals surface area contributed by atoms with Gasteiger partial charge in [0.05, 0.1) is 11.4 Å². The van der Waals surface area contributed by atoms with Gasteiger partial charge in [0, 0.05) is 6.54 Å². The summed E-state index contributed by atoms with van der Waals surface area (Å²) in [7, 11) is -3.96. The van der Waals surface area contributed by atoms with E-state index in [0.29, 0.717) is 24.3 Å². The molecule has 0 bridgehead atoms. The van der Waals surface area contributed by atoms with Crippen LogP contribution in [-0.2, 0) is 10.0 Å². The van der Waals surface area contributed by atoms with Crippen molar-refractivity contribution in [1.82, 2.24) is 0 Å². The molecule has 1 aliphatic rings. The molecule has 1 heterocycles. The maximum atomic E-state index is 13.1. The molecule has 2 aromatic carbocycles. The molecular weight excluding hydrogens is 336 g/mol. The molecule has 0 saturated carbocycles. The van der Waals surface area contributed by atoms with Gasteiger partial charge < -0.3 is 0 Å². The van der Waals surface area contributed by atoms with Crippen molar-refractivity contribution in [3.8, 4) is 0 Å². The molecule has 0 aliphatic carbocycles. The summed E-state index contributed by atoms with van der Waals surface area (Å²) in [5.74, 6) is 0. The number of rotatable bonds is 4. The molecule has 25 heavy (non-hydrogen) atoms. The minimum atomic E-state index is -3.96. The molecule has 0 fully saturated rings. The van der Waals surface area contributed by atoms with Gasteiger partial charge in [0.1, 0.15) is 4.90 Å². The molecule has 0 N–H and O–H groups in total. The zero-order chi connectivity index (χ0) is 18.2. The molecule has 0 radical (unpaired) electrons. The van der Waals surface area contributed by atoms with Crippen LogP contribution in [0.4, 0.5) is 16.2 Å². The number of carbonyl (C=O) groups excluding carboxylic acids is 1. The number of hydrogen-bond donors (Lipinski definition) is 0. The van der Waals surface area contributed by atoms with Gasteiger partial charge in [-0.25, -0.2) is 13.2 Å². The number of para-hydroxylation sites is 1. The van der Waals surface area contributed by atoms with Crippen LogP contribution < -0.4 is 9.21 Å². The van der Waals surface area contributed by atoms with Crippen LogP contribution in [0.5, 0.6) is 0 Å². The van der Waals surface area contributed by atoms with Crippen molar-refractivity contribution in [3.05, 3.63) is 66.2 Å². The summed E-state index contributed by atoms with van der Waals surface area (Å²) in [6.45, 7) is 7.81. The molecule has 0 aromatic heterocycles. The Bertz CT molecular complexity index is 931.